The molecule has 0 spiro atoms. The van der Waals surface area contributed by atoms with Crippen molar-refractivity contribution in [2.24, 2.45) is 0 Å². The third kappa shape index (κ3) is 3.86. The molecule has 0 saturated heterocycles. The lowest BCUT2D eigenvalue weighted by molar-refractivity contribution is -0.142. The Kier molecular flexibility index (Phi) is 4.82. The van der Waals surface area contributed by atoms with Crippen LogP contribution in [0, 0.1) is 0 Å². The maximum atomic E-state index is 13.6. The predicted octanol–water partition coefficient (Wildman–Crippen LogP) is 3.62. The van der Waals surface area contributed by atoms with Gasteiger partial charge < -0.3 is 5.32 Å². The van der Waals surface area contributed by atoms with Crippen LogP contribution in [0.25, 0.3) is 16.2 Å². The number of nitrogens with one attached hydrogen (secondary N) is 1. The molecule has 11 heteroatoms. The zero-order valence-corrected chi connectivity index (χ0v) is 16.0. The Labute approximate surface area is 166 Å². The molecule has 0 bridgehead atoms. The van der Waals surface area contributed by atoms with Crippen molar-refractivity contribution in [2.75, 3.05) is 0 Å². The summed E-state index contributed by atoms with van der Waals surface area (Å²) >= 11 is 1.28. The molecular weight excluding hydrogens is 405 g/mol. The van der Waals surface area contributed by atoms with Gasteiger partial charge in [0.05, 0.1) is 22.8 Å². The third-order valence-corrected chi connectivity index (χ3v) is 5.07. The number of amides is 1. The van der Waals surface area contributed by atoms with Crippen LogP contribution in [0.2, 0.25) is 0 Å². The zero-order chi connectivity index (χ0) is 20.6. The number of thiophene rings is 1. The maximum absolute atomic E-state index is 13.6. The average Bonchev–Trinajstić information content (AvgIpc) is 3.44. The molecular formula is C18H15F3N6OS. The summed E-state index contributed by atoms with van der Waals surface area (Å²) in [6.07, 6.45) is -2.88. The lowest BCUT2D eigenvalue weighted by Gasteiger charge is -2.10. The summed E-state index contributed by atoms with van der Waals surface area (Å²) in [5, 5.41) is 12.4. The highest BCUT2D eigenvalue weighted by atomic mass is 32.1. The van der Waals surface area contributed by atoms with Gasteiger partial charge in [-0.3, -0.25) is 9.48 Å². The fraction of sp³-hybridized carbons (Fsp3) is 0.222. The lowest BCUT2D eigenvalue weighted by atomic mass is 10.2. The number of rotatable bonds is 5. The van der Waals surface area contributed by atoms with E-state index in [1.54, 1.807) is 34.5 Å². The van der Waals surface area contributed by atoms with Crippen molar-refractivity contribution in [2.45, 2.75) is 26.2 Å². The van der Waals surface area contributed by atoms with Crippen molar-refractivity contribution in [1.82, 2.24) is 29.7 Å². The lowest BCUT2D eigenvalue weighted by Crippen LogP contribution is -2.24. The van der Waals surface area contributed by atoms with Crippen LogP contribution in [0.1, 0.15) is 28.8 Å². The molecule has 4 rings (SSSR count). The molecule has 7 nitrogen and oxygen atoms in total. The van der Waals surface area contributed by atoms with Gasteiger partial charge in [-0.25, -0.2) is 9.50 Å². The van der Waals surface area contributed by atoms with Gasteiger partial charge in [0, 0.05) is 18.8 Å². The first kappa shape index (κ1) is 19.1. The van der Waals surface area contributed by atoms with E-state index < -0.39 is 17.8 Å². The molecule has 0 aliphatic rings. The Bertz CT molecular complexity index is 1160. The van der Waals surface area contributed by atoms with Crippen molar-refractivity contribution in [3.8, 4) is 10.6 Å². The van der Waals surface area contributed by atoms with Crippen molar-refractivity contribution in [3.63, 3.8) is 0 Å². The van der Waals surface area contributed by atoms with E-state index in [-0.39, 0.29) is 23.6 Å². The molecule has 0 atom stereocenters. The molecule has 0 aliphatic carbocycles. The van der Waals surface area contributed by atoms with Gasteiger partial charge >= 0.3 is 6.18 Å². The number of carbonyl (C=O) groups is 1. The quantitative estimate of drug-likeness (QED) is 0.535. The van der Waals surface area contributed by atoms with Gasteiger partial charge in [-0.2, -0.15) is 23.4 Å². The monoisotopic (exact) mass is 420 g/mol. The summed E-state index contributed by atoms with van der Waals surface area (Å²) in [6.45, 7) is 2.76. The van der Waals surface area contributed by atoms with Gasteiger partial charge in [0.15, 0.2) is 17.0 Å². The standard InChI is InChI=1S/C18H15F3N6OS/c1-2-26-6-5-11(24-26)10-22-17(28)13-9-16-23-12(14-4-3-7-29-14)8-15(18(19,20)21)27(16)25-13/h3-9H,2,10H2,1H3,(H,22,28). The first-order valence-corrected chi connectivity index (χ1v) is 9.55. The van der Waals surface area contributed by atoms with Gasteiger partial charge in [0.1, 0.15) is 0 Å². The number of hydrogen-bond acceptors (Lipinski definition) is 5. The van der Waals surface area contributed by atoms with E-state index in [0.717, 1.165) is 6.07 Å². The summed E-state index contributed by atoms with van der Waals surface area (Å²) < 4.78 is 43.0. The fourth-order valence-electron chi connectivity index (χ4n) is 2.77. The first-order valence-electron chi connectivity index (χ1n) is 8.67. The minimum atomic E-state index is -4.65. The number of fused-ring (bicyclic) bond motifs is 1. The minimum absolute atomic E-state index is 0.0522. The Morgan fingerprint density at radius 2 is 2.07 bits per heavy atom. The fourth-order valence-corrected chi connectivity index (χ4v) is 3.46. The third-order valence-electron chi connectivity index (χ3n) is 4.17. The smallest absolute Gasteiger partial charge is 0.345 e. The highest BCUT2D eigenvalue weighted by molar-refractivity contribution is 7.13. The first-order chi connectivity index (χ1) is 13.8. The molecule has 0 fully saturated rings. The molecule has 0 aliphatic heterocycles. The molecule has 0 unspecified atom stereocenters. The van der Waals surface area contributed by atoms with E-state index in [1.165, 1.54) is 17.4 Å². The number of halogens is 3. The highest BCUT2D eigenvalue weighted by Crippen LogP contribution is 2.33. The number of aryl methyl sites for hydroxylation is 1. The number of alkyl halides is 3. The molecule has 1 N–H and O–H groups in total. The highest BCUT2D eigenvalue weighted by Gasteiger charge is 2.35. The summed E-state index contributed by atoms with van der Waals surface area (Å²) in [5.41, 5.74) is -0.383. The molecule has 1 amide bonds. The molecule has 150 valence electrons. The second kappa shape index (κ2) is 7.32. The Hall–Kier alpha value is -3.21. The zero-order valence-electron chi connectivity index (χ0n) is 15.1. The van der Waals surface area contributed by atoms with Crippen LogP contribution >= 0.6 is 11.3 Å². The van der Waals surface area contributed by atoms with Crippen LogP contribution in [0.15, 0.2) is 41.9 Å². The van der Waals surface area contributed by atoms with Crippen LogP contribution in [0.4, 0.5) is 13.2 Å². The van der Waals surface area contributed by atoms with Crippen LogP contribution < -0.4 is 5.32 Å². The second-order valence-electron chi connectivity index (χ2n) is 6.15. The Balaban J connectivity index is 1.66. The van der Waals surface area contributed by atoms with E-state index in [9.17, 15) is 18.0 Å². The van der Waals surface area contributed by atoms with E-state index >= 15 is 0 Å². The molecule has 4 aromatic heterocycles. The molecule has 4 aromatic rings. The Morgan fingerprint density at radius 1 is 1.24 bits per heavy atom. The molecule has 0 aromatic carbocycles. The topological polar surface area (TPSA) is 77.1 Å². The molecule has 0 saturated carbocycles. The van der Waals surface area contributed by atoms with Gasteiger partial charge in [-0.15, -0.1) is 11.3 Å². The van der Waals surface area contributed by atoms with Gasteiger partial charge in [0.25, 0.3) is 5.91 Å². The molecule has 0 radical (unpaired) electrons. The van der Waals surface area contributed by atoms with E-state index in [1.807, 2.05) is 6.92 Å². The predicted molar refractivity (Wildman–Crippen MR) is 100 cm³/mol. The largest absolute Gasteiger partial charge is 0.433 e. The number of aromatic nitrogens is 5. The summed E-state index contributed by atoms with van der Waals surface area (Å²) in [6, 6.07) is 7.35. The summed E-state index contributed by atoms with van der Waals surface area (Å²) in [7, 11) is 0. The van der Waals surface area contributed by atoms with Crippen LogP contribution in [0.3, 0.4) is 0 Å². The van der Waals surface area contributed by atoms with Crippen LogP contribution in [-0.2, 0) is 19.3 Å². The van der Waals surface area contributed by atoms with E-state index in [4.69, 9.17) is 0 Å². The minimum Gasteiger partial charge on any atom is -0.345 e. The molecule has 29 heavy (non-hydrogen) atoms. The molecule has 4 heterocycles. The number of carbonyl (C=O) groups excluding carboxylic acids is 1. The number of hydrogen-bond donors (Lipinski definition) is 1. The van der Waals surface area contributed by atoms with Crippen molar-refractivity contribution in [3.05, 3.63) is 59.0 Å². The van der Waals surface area contributed by atoms with Crippen LogP contribution in [-0.4, -0.2) is 30.3 Å². The average molecular weight is 420 g/mol. The van der Waals surface area contributed by atoms with Gasteiger partial charge in [0.2, 0.25) is 0 Å². The van der Waals surface area contributed by atoms with Crippen molar-refractivity contribution in [1.29, 1.82) is 0 Å². The number of nitrogens with zero attached hydrogens (tertiary/aromatic N) is 5. The second-order valence-corrected chi connectivity index (χ2v) is 7.09. The van der Waals surface area contributed by atoms with E-state index in [0.29, 0.717) is 21.6 Å². The van der Waals surface area contributed by atoms with Crippen molar-refractivity contribution >= 4 is 22.9 Å². The van der Waals surface area contributed by atoms with Gasteiger partial charge in [-0.1, -0.05) is 6.07 Å². The summed E-state index contributed by atoms with van der Waals surface area (Å²) in [4.78, 5) is 17.2. The SMILES string of the molecule is CCn1ccc(CNC(=O)c2cc3nc(-c4cccs4)cc(C(F)(F)F)n3n2)n1. The van der Waals surface area contributed by atoms with Crippen molar-refractivity contribution < 1.29 is 18.0 Å². The Morgan fingerprint density at radius 3 is 2.72 bits per heavy atom. The van der Waals surface area contributed by atoms with E-state index in [2.05, 4.69) is 20.5 Å². The van der Waals surface area contributed by atoms with Crippen LogP contribution in [0.5, 0.6) is 0 Å². The van der Waals surface area contributed by atoms with Gasteiger partial charge in [-0.05, 0) is 30.5 Å². The normalized spacial score (nSPS) is 11.9. The maximum Gasteiger partial charge on any atom is 0.433 e. The summed E-state index contributed by atoms with van der Waals surface area (Å²) in [5.74, 6) is -0.604.